The molecular formula is C16H17FN2OS. The fraction of sp³-hybridized carbons (Fsp3) is 0.312. The Kier molecular flexibility index (Phi) is 4.20. The molecule has 1 saturated heterocycles. The van der Waals surface area contributed by atoms with Crippen molar-refractivity contribution < 1.29 is 9.18 Å². The van der Waals surface area contributed by atoms with Gasteiger partial charge in [-0.25, -0.2) is 4.39 Å². The number of piperazine rings is 1. The highest BCUT2D eigenvalue weighted by molar-refractivity contribution is 7.10. The molecule has 0 unspecified atom stereocenters. The second-order valence-corrected chi connectivity index (χ2v) is 6.14. The summed E-state index contributed by atoms with van der Waals surface area (Å²) in [6.45, 7) is 2.89. The smallest absolute Gasteiger partial charge is 0.227 e. The maximum absolute atomic E-state index is 13.2. The van der Waals surface area contributed by atoms with Crippen LogP contribution in [-0.2, 0) is 11.2 Å². The normalized spacial score (nSPS) is 15.3. The maximum atomic E-state index is 13.2. The van der Waals surface area contributed by atoms with Gasteiger partial charge >= 0.3 is 0 Å². The number of carbonyl (C=O) groups excluding carboxylic acids is 1. The number of thiophene rings is 1. The molecule has 1 amide bonds. The standard InChI is InChI=1S/C16H17FN2OS/c17-13-3-1-4-14(11-13)18-6-8-19(9-7-18)16(20)12-15-5-2-10-21-15/h1-5,10-11H,6-9,12H2. The van der Waals surface area contributed by atoms with Gasteiger partial charge in [0.05, 0.1) is 6.42 Å². The zero-order chi connectivity index (χ0) is 14.7. The van der Waals surface area contributed by atoms with E-state index in [1.54, 1.807) is 23.5 Å². The summed E-state index contributed by atoms with van der Waals surface area (Å²) < 4.78 is 13.2. The van der Waals surface area contributed by atoms with Crippen molar-refractivity contribution in [1.82, 2.24) is 4.90 Å². The number of hydrogen-bond donors (Lipinski definition) is 0. The highest BCUT2D eigenvalue weighted by Gasteiger charge is 2.21. The lowest BCUT2D eigenvalue weighted by atomic mass is 10.2. The molecule has 0 bridgehead atoms. The van der Waals surface area contributed by atoms with Crippen LogP contribution >= 0.6 is 11.3 Å². The predicted molar refractivity (Wildman–Crippen MR) is 83.2 cm³/mol. The fourth-order valence-corrected chi connectivity index (χ4v) is 3.26. The van der Waals surface area contributed by atoms with E-state index in [1.165, 1.54) is 6.07 Å². The van der Waals surface area contributed by atoms with Crippen molar-refractivity contribution in [3.63, 3.8) is 0 Å². The average molecular weight is 304 g/mol. The quantitative estimate of drug-likeness (QED) is 0.870. The molecule has 2 aromatic rings. The monoisotopic (exact) mass is 304 g/mol. The molecule has 0 saturated carbocycles. The average Bonchev–Trinajstić information content (AvgIpc) is 3.00. The molecular weight excluding hydrogens is 287 g/mol. The van der Waals surface area contributed by atoms with Gasteiger partial charge in [0.15, 0.2) is 0 Å². The summed E-state index contributed by atoms with van der Waals surface area (Å²) >= 11 is 1.61. The van der Waals surface area contributed by atoms with E-state index >= 15 is 0 Å². The molecule has 1 aliphatic heterocycles. The minimum atomic E-state index is -0.219. The summed E-state index contributed by atoms with van der Waals surface area (Å²) in [7, 11) is 0. The molecule has 1 aromatic carbocycles. The Labute approximate surface area is 127 Å². The molecule has 0 aliphatic carbocycles. The zero-order valence-corrected chi connectivity index (χ0v) is 12.5. The number of anilines is 1. The van der Waals surface area contributed by atoms with Gasteiger partial charge in [-0.3, -0.25) is 4.79 Å². The van der Waals surface area contributed by atoms with Gasteiger partial charge in [0.2, 0.25) is 5.91 Å². The molecule has 3 rings (SSSR count). The molecule has 0 atom stereocenters. The van der Waals surface area contributed by atoms with Gasteiger partial charge in [0, 0.05) is 36.7 Å². The van der Waals surface area contributed by atoms with Crippen LogP contribution in [0.4, 0.5) is 10.1 Å². The lowest BCUT2D eigenvalue weighted by molar-refractivity contribution is -0.130. The molecule has 3 nitrogen and oxygen atoms in total. The molecule has 0 N–H and O–H groups in total. The third-order valence-corrected chi connectivity index (χ3v) is 4.59. The minimum Gasteiger partial charge on any atom is -0.368 e. The van der Waals surface area contributed by atoms with E-state index in [2.05, 4.69) is 4.90 Å². The zero-order valence-electron chi connectivity index (χ0n) is 11.7. The molecule has 1 aromatic heterocycles. The molecule has 0 spiro atoms. The molecule has 0 radical (unpaired) electrons. The molecule has 5 heteroatoms. The van der Waals surface area contributed by atoms with Crippen molar-refractivity contribution in [2.45, 2.75) is 6.42 Å². The molecule has 21 heavy (non-hydrogen) atoms. The largest absolute Gasteiger partial charge is 0.368 e. The third kappa shape index (κ3) is 3.42. The number of halogens is 1. The first-order chi connectivity index (χ1) is 10.2. The number of benzene rings is 1. The first-order valence-electron chi connectivity index (χ1n) is 7.03. The lowest BCUT2D eigenvalue weighted by Gasteiger charge is -2.36. The Morgan fingerprint density at radius 1 is 1.14 bits per heavy atom. The number of hydrogen-bond acceptors (Lipinski definition) is 3. The molecule has 1 fully saturated rings. The van der Waals surface area contributed by atoms with Crippen molar-refractivity contribution in [3.8, 4) is 0 Å². The summed E-state index contributed by atoms with van der Waals surface area (Å²) in [5, 5.41) is 1.99. The SMILES string of the molecule is O=C(Cc1cccs1)N1CCN(c2cccc(F)c2)CC1. The van der Waals surface area contributed by atoms with Crippen molar-refractivity contribution in [3.05, 3.63) is 52.5 Å². The van der Waals surface area contributed by atoms with Crippen molar-refractivity contribution in [2.75, 3.05) is 31.1 Å². The summed E-state index contributed by atoms with van der Waals surface area (Å²) in [6, 6.07) is 10.6. The first-order valence-corrected chi connectivity index (χ1v) is 7.91. The van der Waals surface area contributed by atoms with Crippen LogP contribution in [-0.4, -0.2) is 37.0 Å². The van der Waals surface area contributed by atoms with E-state index in [-0.39, 0.29) is 11.7 Å². The van der Waals surface area contributed by atoms with Crippen LogP contribution in [0.2, 0.25) is 0 Å². The number of carbonyl (C=O) groups is 1. The topological polar surface area (TPSA) is 23.6 Å². The van der Waals surface area contributed by atoms with Crippen molar-refractivity contribution in [2.24, 2.45) is 0 Å². The Balaban J connectivity index is 1.56. The molecule has 1 aliphatic rings. The van der Waals surface area contributed by atoms with Gasteiger partial charge in [-0.05, 0) is 29.6 Å². The first kappa shape index (κ1) is 14.1. The van der Waals surface area contributed by atoms with E-state index in [4.69, 9.17) is 0 Å². The van der Waals surface area contributed by atoms with E-state index in [9.17, 15) is 9.18 Å². The van der Waals surface area contributed by atoms with E-state index in [0.29, 0.717) is 19.5 Å². The number of nitrogens with zero attached hydrogens (tertiary/aromatic N) is 2. The van der Waals surface area contributed by atoms with Gasteiger partial charge < -0.3 is 9.80 Å². The van der Waals surface area contributed by atoms with Gasteiger partial charge in [0.25, 0.3) is 0 Å². The van der Waals surface area contributed by atoms with Crippen LogP contribution in [0.1, 0.15) is 4.88 Å². The minimum absolute atomic E-state index is 0.177. The second kappa shape index (κ2) is 6.26. The lowest BCUT2D eigenvalue weighted by Crippen LogP contribution is -2.49. The summed E-state index contributed by atoms with van der Waals surface area (Å²) in [5.41, 5.74) is 0.889. The van der Waals surface area contributed by atoms with Gasteiger partial charge in [-0.2, -0.15) is 0 Å². The number of rotatable bonds is 3. The predicted octanol–water partition coefficient (Wildman–Crippen LogP) is 2.78. The van der Waals surface area contributed by atoms with Crippen LogP contribution in [0.15, 0.2) is 41.8 Å². The Morgan fingerprint density at radius 3 is 2.62 bits per heavy atom. The maximum Gasteiger partial charge on any atom is 0.227 e. The van der Waals surface area contributed by atoms with Crippen LogP contribution < -0.4 is 4.90 Å². The Hall–Kier alpha value is -1.88. The van der Waals surface area contributed by atoms with Crippen LogP contribution in [0.3, 0.4) is 0 Å². The fourth-order valence-electron chi connectivity index (χ4n) is 2.56. The van der Waals surface area contributed by atoms with E-state index < -0.39 is 0 Å². The summed E-state index contributed by atoms with van der Waals surface area (Å²) in [5.74, 6) is -0.0416. The molecule has 110 valence electrons. The highest BCUT2D eigenvalue weighted by atomic mass is 32.1. The van der Waals surface area contributed by atoms with Gasteiger partial charge in [0.1, 0.15) is 5.82 Å². The Bertz CT molecular complexity index is 606. The Morgan fingerprint density at radius 2 is 1.95 bits per heavy atom. The van der Waals surface area contributed by atoms with Gasteiger partial charge in [-0.1, -0.05) is 12.1 Å². The summed E-state index contributed by atoms with van der Waals surface area (Å²) in [4.78, 5) is 17.3. The third-order valence-electron chi connectivity index (χ3n) is 3.71. The van der Waals surface area contributed by atoms with E-state index in [0.717, 1.165) is 23.7 Å². The van der Waals surface area contributed by atoms with Crippen molar-refractivity contribution >= 4 is 22.9 Å². The van der Waals surface area contributed by atoms with Crippen LogP contribution in [0.25, 0.3) is 0 Å². The van der Waals surface area contributed by atoms with Gasteiger partial charge in [-0.15, -0.1) is 11.3 Å². The highest BCUT2D eigenvalue weighted by Crippen LogP contribution is 2.18. The number of amides is 1. The second-order valence-electron chi connectivity index (χ2n) is 5.10. The van der Waals surface area contributed by atoms with Crippen molar-refractivity contribution in [1.29, 1.82) is 0 Å². The van der Waals surface area contributed by atoms with Crippen LogP contribution in [0, 0.1) is 5.82 Å². The van der Waals surface area contributed by atoms with Crippen LogP contribution in [0.5, 0.6) is 0 Å². The molecule has 2 heterocycles. The summed E-state index contributed by atoms with van der Waals surface area (Å²) in [6.07, 6.45) is 0.484. The van der Waals surface area contributed by atoms with E-state index in [1.807, 2.05) is 28.5 Å².